The minimum absolute atomic E-state index is 0.982. The van der Waals surface area contributed by atoms with E-state index in [9.17, 15) is 0 Å². The van der Waals surface area contributed by atoms with Crippen molar-refractivity contribution in [2.45, 2.75) is 138 Å². The van der Waals surface area contributed by atoms with Crippen LogP contribution in [0.25, 0.3) is 0 Å². The summed E-state index contributed by atoms with van der Waals surface area (Å²) in [7, 11) is 0. The Morgan fingerprint density at radius 1 is 0.480 bits per heavy atom. The van der Waals surface area contributed by atoms with Crippen LogP contribution in [0.3, 0.4) is 0 Å². The van der Waals surface area contributed by atoms with Crippen LogP contribution in [0.2, 0.25) is 44.6 Å². The molecule has 10 aliphatic rings. The molecule has 0 nitrogen and oxygen atoms in total. The van der Waals surface area contributed by atoms with Crippen molar-refractivity contribution >= 4 is 0 Å². The van der Waals surface area contributed by atoms with E-state index in [4.69, 9.17) is 0 Å². The van der Waals surface area contributed by atoms with Gasteiger partial charge in [0.25, 0.3) is 0 Å². The van der Waals surface area contributed by atoms with Gasteiger partial charge in [0.15, 0.2) is 0 Å². The summed E-state index contributed by atoms with van der Waals surface area (Å²) in [4.78, 5) is 4.12. The summed E-state index contributed by atoms with van der Waals surface area (Å²) in [5.41, 5.74) is 0. The number of fused-ring (bicyclic) bond motifs is 10. The zero-order valence-corrected chi connectivity index (χ0v) is 18.6. The Hall–Kier alpha value is 0.519. The molecule has 142 valence electrons. The van der Waals surface area contributed by atoms with E-state index in [-0.39, 0.29) is 0 Å². The van der Waals surface area contributed by atoms with Crippen molar-refractivity contribution < 1.29 is 6.51 Å². The molecule has 10 fully saturated rings. The average Bonchev–Trinajstić information content (AvgIpc) is 3.60. The van der Waals surface area contributed by atoms with Crippen LogP contribution in [0.5, 0.6) is 0 Å². The van der Waals surface area contributed by atoms with E-state index in [1.807, 2.05) is 0 Å². The van der Waals surface area contributed by atoms with Crippen LogP contribution in [0, 0.1) is 0 Å². The van der Waals surface area contributed by atoms with Crippen molar-refractivity contribution in [3.05, 3.63) is 0 Å². The minimum atomic E-state index is -3.81. The van der Waals surface area contributed by atoms with E-state index in [0.717, 1.165) is 30.2 Å². The second-order valence-corrected chi connectivity index (χ2v) is 36.1. The molecule has 8 atom stereocenters. The third-order valence-electron chi connectivity index (χ3n) is 21.3. The maximum atomic E-state index is 2.70. The van der Waals surface area contributed by atoms with Crippen LogP contribution in [0.15, 0.2) is 0 Å². The van der Waals surface area contributed by atoms with Gasteiger partial charge in [-0.25, -0.2) is 0 Å². The molecule has 0 saturated carbocycles. The molecule has 10 rings (SSSR count). The molecular formula is C24H38Fe. The van der Waals surface area contributed by atoms with E-state index in [0.29, 0.717) is 0 Å². The molecule has 8 unspecified atom stereocenters. The van der Waals surface area contributed by atoms with Gasteiger partial charge < -0.3 is 0 Å². The zero-order valence-electron chi connectivity index (χ0n) is 17.5. The maximum absolute atomic E-state index is 3.81. The first-order valence-corrected chi connectivity index (χ1v) is 17.8. The molecule has 25 heavy (non-hydrogen) atoms. The van der Waals surface area contributed by atoms with Crippen LogP contribution in [-0.2, 0) is 6.51 Å². The van der Waals surface area contributed by atoms with E-state index < -0.39 is 6.51 Å². The first kappa shape index (κ1) is 12.9. The quantitative estimate of drug-likeness (QED) is 0.386. The number of hydrogen-bond acceptors (Lipinski definition) is 0. The Bertz CT molecular complexity index is 1190. The van der Waals surface area contributed by atoms with Gasteiger partial charge in [0.05, 0.1) is 0 Å². The predicted molar refractivity (Wildman–Crippen MR) is 102 cm³/mol. The van der Waals surface area contributed by atoms with Gasteiger partial charge >= 0.3 is 145 Å². The van der Waals surface area contributed by atoms with Gasteiger partial charge in [-0.2, -0.15) is 0 Å². The summed E-state index contributed by atoms with van der Waals surface area (Å²) in [6.45, 7) is 15.1. The average molecular weight is 382 g/mol. The molecule has 0 aromatic heterocycles. The molecule has 10 saturated heterocycles. The molecular weight excluding hydrogens is 344 g/mol. The van der Waals surface area contributed by atoms with Gasteiger partial charge in [0.1, 0.15) is 0 Å². The first-order chi connectivity index (χ1) is 11.8. The summed E-state index contributed by atoms with van der Waals surface area (Å²) in [6, 6.07) is 0. The Labute approximate surface area is 144 Å². The zero-order chi connectivity index (χ0) is 17.5. The predicted octanol–water partition coefficient (Wildman–Crippen LogP) is 8.84. The van der Waals surface area contributed by atoms with Gasteiger partial charge in [-0.15, -0.1) is 0 Å². The summed E-state index contributed by atoms with van der Waals surface area (Å²) in [5.74, 6) is 0. The van der Waals surface area contributed by atoms with Gasteiger partial charge in [-0.3, -0.25) is 0 Å². The van der Waals surface area contributed by atoms with Gasteiger partial charge in [0, 0.05) is 0 Å². The standard InChI is InChI=1S/C13H21.C11H17.Fe/c1-5-10-9-11(6-2)13(8-4)12(10)7-3;1-4-9-7-10(5-2)11(6-3)8-9;/h9H,5-8H2,1-4H3;7-8H,4-6H2,1-3H3;. The third kappa shape index (κ3) is 0.124. The van der Waals surface area contributed by atoms with Gasteiger partial charge in [0.2, 0.25) is 0 Å². The summed E-state index contributed by atoms with van der Waals surface area (Å²) >= 11 is 0. The fourth-order valence-electron chi connectivity index (χ4n) is 28.9. The van der Waals surface area contributed by atoms with E-state index in [2.05, 4.69) is 48.5 Å². The molecule has 10 heterocycles. The molecule has 0 bridgehead atoms. The molecule has 1 heteroatoms. The Balaban J connectivity index is 1.65. The molecule has 0 amide bonds. The van der Waals surface area contributed by atoms with Gasteiger partial charge in [-0.05, 0) is 0 Å². The van der Waals surface area contributed by atoms with E-state index in [1.54, 1.807) is 44.9 Å². The van der Waals surface area contributed by atoms with Crippen molar-refractivity contribution in [1.82, 2.24) is 0 Å². The van der Waals surface area contributed by atoms with Crippen molar-refractivity contribution in [2.24, 2.45) is 0 Å². The molecule has 0 aromatic rings. The topological polar surface area (TPSA) is 0 Å². The van der Waals surface area contributed by atoms with Crippen molar-refractivity contribution in [2.75, 3.05) is 0 Å². The summed E-state index contributed by atoms with van der Waals surface area (Å²) in [5, 5.41) is 0. The van der Waals surface area contributed by atoms with Crippen molar-refractivity contribution in [3.8, 4) is 0 Å². The van der Waals surface area contributed by atoms with Crippen molar-refractivity contribution in [3.63, 3.8) is 0 Å². The van der Waals surface area contributed by atoms with Crippen LogP contribution in [0.1, 0.15) is 93.4 Å². The Morgan fingerprint density at radius 3 is 1.16 bits per heavy atom. The van der Waals surface area contributed by atoms with Gasteiger partial charge in [-0.1, -0.05) is 0 Å². The van der Waals surface area contributed by atoms with Crippen LogP contribution in [-0.4, -0.2) is 0 Å². The second-order valence-electron chi connectivity index (χ2n) is 13.7. The monoisotopic (exact) mass is 382 g/mol. The van der Waals surface area contributed by atoms with E-state index in [1.165, 1.54) is 14.4 Å². The molecule has 10 aliphatic heterocycles. The molecule has 0 N–H and O–H groups in total. The Morgan fingerprint density at radius 2 is 0.880 bits per heavy atom. The molecule has 0 aromatic carbocycles. The van der Waals surface area contributed by atoms with Crippen LogP contribution >= 0.6 is 0 Å². The molecule has 0 radical (unpaired) electrons. The normalized spacial score (nSPS) is 103. The molecule has 1 spiro atoms. The first-order valence-electron chi connectivity index (χ1n) is 12.0. The van der Waals surface area contributed by atoms with Crippen LogP contribution in [0.4, 0.5) is 0 Å². The van der Waals surface area contributed by atoms with Crippen molar-refractivity contribution in [1.29, 1.82) is 0 Å². The van der Waals surface area contributed by atoms with E-state index >= 15 is 0 Å². The Kier molecular flexibility index (Phi) is 0.652. The number of hydrogen-bond donors (Lipinski definition) is 0. The molecule has 0 aliphatic carbocycles. The third-order valence-corrected chi connectivity index (χ3v) is 71.2. The summed E-state index contributed by atoms with van der Waals surface area (Å²) < 4.78 is 6.98. The number of rotatable bonds is 7. The fraction of sp³-hybridized carbons (Fsp3) is 1.00. The fourth-order valence-corrected chi connectivity index (χ4v) is 126. The SMILES string of the molecule is CC[C]12[CH]3[C]4(CC)[C]5(CC)[CH]1[Fe]32451678[CH]2[C]1(CC)[C]6(CC)[C]7(CC)[C]28CC. The van der Waals surface area contributed by atoms with Crippen LogP contribution < -0.4 is 0 Å². The summed E-state index contributed by atoms with van der Waals surface area (Å²) in [6.07, 6.45) is 11.4. The second kappa shape index (κ2) is 1.27.